The van der Waals surface area contributed by atoms with E-state index in [0.717, 1.165) is 0 Å². The van der Waals surface area contributed by atoms with Crippen molar-refractivity contribution < 1.29 is 27.3 Å². The Morgan fingerprint density at radius 3 is 2.20 bits per heavy atom. The largest absolute Gasteiger partial charge is 0.504 e. The second-order valence-electron chi connectivity index (χ2n) is 1.71. The third kappa shape index (κ3) is 1.56. The Kier molecular flexibility index (Phi) is 3.06. The fourth-order valence-corrected chi connectivity index (χ4v) is 0.549. The normalized spacial score (nSPS) is 8.40. The minimum Gasteiger partial charge on any atom is -0.504 e. The van der Waals surface area contributed by atoms with Gasteiger partial charge >= 0.3 is 0 Å². The van der Waals surface area contributed by atoms with E-state index in [-0.39, 0.29) is 34.3 Å². The second kappa shape index (κ2) is 3.34. The van der Waals surface area contributed by atoms with Crippen LogP contribution in [0.3, 0.4) is 0 Å². The summed E-state index contributed by atoms with van der Waals surface area (Å²) in [5.74, 6) is -0.437. The van der Waals surface area contributed by atoms with Gasteiger partial charge < -0.3 is 15.9 Å². The van der Waals surface area contributed by atoms with E-state index in [2.05, 4.69) is 0 Å². The summed E-state index contributed by atoms with van der Waals surface area (Å²) < 4.78 is 0. The molecular weight excluding hydrogens is 174 g/mol. The Morgan fingerprint density at radius 2 is 1.80 bits per heavy atom. The first-order valence-electron chi connectivity index (χ1n) is 2.48. The number of benzene rings is 1. The number of rotatable bonds is 0. The van der Waals surface area contributed by atoms with Gasteiger partial charge in [0.2, 0.25) is 0 Å². The maximum Gasteiger partial charge on any atom is 0.180 e. The van der Waals surface area contributed by atoms with Crippen molar-refractivity contribution in [3.8, 4) is 11.5 Å². The molecule has 3 nitrogen and oxygen atoms in total. The van der Waals surface area contributed by atoms with Gasteiger partial charge in [0, 0.05) is 17.1 Å². The molecule has 0 spiro atoms. The van der Waals surface area contributed by atoms with Crippen molar-refractivity contribution in [3.63, 3.8) is 0 Å². The molecule has 0 saturated heterocycles. The first-order chi connectivity index (χ1) is 4.22. The Bertz CT molecular complexity index is 207. The summed E-state index contributed by atoms with van der Waals surface area (Å²) >= 11 is 0. The predicted molar refractivity (Wildman–Crippen MR) is 34.2 cm³/mol. The zero-order valence-electron chi connectivity index (χ0n) is 5.06. The Balaban J connectivity index is 0.000000810. The second-order valence-corrected chi connectivity index (χ2v) is 1.71. The van der Waals surface area contributed by atoms with Crippen LogP contribution in [0.15, 0.2) is 18.2 Å². The van der Waals surface area contributed by atoms with Crippen molar-refractivity contribution in [2.75, 3.05) is 5.73 Å². The molecule has 0 amide bonds. The van der Waals surface area contributed by atoms with Gasteiger partial charge in [-0.3, -0.25) is 0 Å². The van der Waals surface area contributed by atoms with Crippen LogP contribution in [0.25, 0.3) is 0 Å². The standard InChI is InChI=1S/C6H7NO2.Fe/c7-4-2-1-3-5(8)6(4)9;/h1-3,8-9H,7H2;. The average Bonchev–Trinajstić information content (AvgIpc) is 1.83. The molecule has 0 aromatic heterocycles. The van der Waals surface area contributed by atoms with Crippen LogP contribution >= 0.6 is 0 Å². The molecule has 4 N–H and O–H groups in total. The molecule has 0 saturated carbocycles. The molecule has 0 aliphatic heterocycles. The summed E-state index contributed by atoms with van der Waals surface area (Å²) in [5, 5.41) is 17.6. The minimum atomic E-state index is -0.252. The Labute approximate surface area is 69.0 Å². The average molecular weight is 181 g/mol. The smallest absolute Gasteiger partial charge is 0.180 e. The van der Waals surface area contributed by atoms with Crippen LogP contribution in [0.5, 0.6) is 11.5 Å². The van der Waals surface area contributed by atoms with Crippen LogP contribution in [0.1, 0.15) is 0 Å². The van der Waals surface area contributed by atoms with Gasteiger partial charge in [0.1, 0.15) is 0 Å². The van der Waals surface area contributed by atoms with Crippen molar-refractivity contribution >= 4 is 5.69 Å². The third-order valence-electron chi connectivity index (χ3n) is 1.05. The minimum absolute atomic E-state index is 0. The van der Waals surface area contributed by atoms with E-state index in [0.29, 0.717) is 0 Å². The number of hydrogen-bond donors (Lipinski definition) is 3. The van der Waals surface area contributed by atoms with Gasteiger partial charge in [-0.25, -0.2) is 0 Å². The summed E-state index contributed by atoms with van der Waals surface area (Å²) in [5.41, 5.74) is 5.40. The van der Waals surface area contributed by atoms with E-state index in [9.17, 15) is 0 Å². The number of phenolic OH excluding ortho intramolecular Hbond substituents is 2. The summed E-state index contributed by atoms with van der Waals surface area (Å²) in [6, 6.07) is 4.44. The number of phenols is 2. The van der Waals surface area contributed by atoms with E-state index < -0.39 is 0 Å². The number of nitrogens with two attached hydrogens (primary N) is 1. The quantitative estimate of drug-likeness (QED) is 0.313. The molecule has 1 rings (SSSR count). The van der Waals surface area contributed by atoms with Gasteiger partial charge in [-0.05, 0) is 12.1 Å². The van der Waals surface area contributed by atoms with Crippen LogP contribution in [0, 0.1) is 0 Å². The molecule has 0 unspecified atom stereocenters. The van der Waals surface area contributed by atoms with Gasteiger partial charge in [-0.1, -0.05) is 6.07 Å². The van der Waals surface area contributed by atoms with Gasteiger partial charge in [0.05, 0.1) is 5.69 Å². The molecule has 0 aliphatic carbocycles. The molecule has 0 aliphatic rings. The van der Waals surface area contributed by atoms with E-state index >= 15 is 0 Å². The van der Waals surface area contributed by atoms with Crippen molar-refractivity contribution in [1.29, 1.82) is 0 Å². The molecule has 56 valence electrons. The molecule has 10 heavy (non-hydrogen) atoms. The van der Waals surface area contributed by atoms with Crippen LogP contribution in [0.4, 0.5) is 5.69 Å². The maximum atomic E-state index is 8.83. The molecule has 1 aromatic carbocycles. The van der Waals surface area contributed by atoms with Crippen molar-refractivity contribution in [2.24, 2.45) is 0 Å². The molecule has 0 bridgehead atoms. The van der Waals surface area contributed by atoms with Gasteiger partial charge in [0.15, 0.2) is 11.5 Å². The van der Waals surface area contributed by atoms with Crippen molar-refractivity contribution in [2.45, 2.75) is 0 Å². The SMILES string of the molecule is Nc1cccc(O)c1O.[Fe]. The molecule has 1 aromatic rings. The Morgan fingerprint density at radius 1 is 1.20 bits per heavy atom. The predicted octanol–water partition coefficient (Wildman–Crippen LogP) is 0.677. The Hall–Kier alpha value is -0.861. The molecule has 0 heterocycles. The molecule has 0 fully saturated rings. The van der Waals surface area contributed by atoms with E-state index in [4.69, 9.17) is 15.9 Å². The zero-order valence-corrected chi connectivity index (χ0v) is 6.16. The van der Waals surface area contributed by atoms with E-state index in [1.807, 2.05) is 0 Å². The number of anilines is 1. The fourth-order valence-electron chi connectivity index (χ4n) is 0.549. The van der Waals surface area contributed by atoms with Crippen LogP contribution in [-0.4, -0.2) is 10.2 Å². The van der Waals surface area contributed by atoms with Gasteiger partial charge in [-0.2, -0.15) is 0 Å². The van der Waals surface area contributed by atoms with Crippen LogP contribution in [-0.2, 0) is 17.1 Å². The molecular formula is C6H7FeNO2. The summed E-state index contributed by atoms with van der Waals surface area (Å²) in [4.78, 5) is 0. The maximum absolute atomic E-state index is 8.83. The first-order valence-corrected chi connectivity index (χ1v) is 2.48. The van der Waals surface area contributed by atoms with E-state index in [1.54, 1.807) is 6.07 Å². The molecule has 0 radical (unpaired) electrons. The zero-order chi connectivity index (χ0) is 6.85. The van der Waals surface area contributed by atoms with E-state index in [1.165, 1.54) is 12.1 Å². The molecule has 0 atom stereocenters. The summed E-state index contributed by atoms with van der Waals surface area (Å²) in [6.07, 6.45) is 0. The number of nitrogen functional groups attached to an aromatic ring is 1. The monoisotopic (exact) mass is 181 g/mol. The van der Waals surface area contributed by atoms with Crippen molar-refractivity contribution in [1.82, 2.24) is 0 Å². The number of para-hydroxylation sites is 1. The first kappa shape index (κ1) is 9.14. The van der Waals surface area contributed by atoms with Crippen LogP contribution < -0.4 is 5.73 Å². The topological polar surface area (TPSA) is 66.5 Å². The summed E-state index contributed by atoms with van der Waals surface area (Å²) in [6.45, 7) is 0. The molecule has 4 heteroatoms. The number of aromatic hydroxyl groups is 2. The van der Waals surface area contributed by atoms with Crippen LogP contribution in [0.2, 0.25) is 0 Å². The van der Waals surface area contributed by atoms with Gasteiger partial charge in [-0.15, -0.1) is 0 Å². The third-order valence-corrected chi connectivity index (χ3v) is 1.05. The number of hydrogen-bond acceptors (Lipinski definition) is 3. The summed E-state index contributed by atoms with van der Waals surface area (Å²) in [7, 11) is 0. The fraction of sp³-hybridized carbons (Fsp3) is 0. The van der Waals surface area contributed by atoms with Gasteiger partial charge in [0.25, 0.3) is 0 Å². The van der Waals surface area contributed by atoms with Crippen molar-refractivity contribution in [3.05, 3.63) is 18.2 Å².